The van der Waals surface area contributed by atoms with Crippen molar-refractivity contribution in [3.8, 4) is 11.6 Å². The number of hydrogen-bond acceptors (Lipinski definition) is 7. The van der Waals surface area contributed by atoms with Crippen LogP contribution < -0.4 is 0 Å². The molecule has 8 heteroatoms. The highest BCUT2D eigenvalue weighted by molar-refractivity contribution is 7.97. The van der Waals surface area contributed by atoms with E-state index in [-0.39, 0.29) is 0 Å². The van der Waals surface area contributed by atoms with E-state index in [0.717, 1.165) is 11.5 Å². The van der Waals surface area contributed by atoms with Gasteiger partial charge in [-0.3, -0.25) is 5.10 Å². The van der Waals surface area contributed by atoms with Gasteiger partial charge < -0.3 is 8.94 Å². The topological polar surface area (TPSA) is 93.6 Å². The van der Waals surface area contributed by atoms with Gasteiger partial charge in [0, 0.05) is 0 Å². The summed E-state index contributed by atoms with van der Waals surface area (Å²) in [5, 5.41) is 10.2. The Morgan fingerprint density at radius 1 is 1.33 bits per heavy atom. The molecule has 3 aromatic rings. The quantitative estimate of drug-likeness (QED) is 0.751. The lowest BCUT2D eigenvalue weighted by Gasteiger charge is -1.93. The molecule has 0 aliphatic heterocycles. The minimum atomic E-state index is 0.418. The molecule has 3 heterocycles. The zero-order valence-electron chi connectivity index (χ0n) is 9.24. The predicted molar refractivity (Wildman–Crippen MR) is 63.4 cm³/mol. The molecular formula is C10H9N5O2S. The van der Waals surface area contributed by atoms with E-state index >= 15 is 0 Å². The Balaban J connectivity index is 1.57. The first-order chi connectivity index (χ1) is 8.92. The Labute approximate surface area is 106 Å². The molecule has 0 saturated heterocycles. The average molecular weight is 263 g/mol. The van der Waals surface area contributed by atoms with E-state index in [2.05, 4.69) is 25.3 Å². The van der Waals surface area contributed by atoms with Crippen LogP contribution in [0.25, 0.3) is 11.6 Å². The van der Waals surface area contributed by atoms with Gasteiger partial charge in [-0.05, 0) is 12.1 Å². The van der Waals surface area contributed by atoms with Crippen molar-refractivity contribution < 1.29 is 8.94 Å². The normalized spacial score (nSPS) is 10.9. The first-order valence-electron chi connectivity index (χ1n) is 5.20. The van der Waals surface area contributed by atoms with Crippen LogP contribution in [-0.2, 0) is 11.5 Å². The van der Waals surface area contributed by atoms with E-state index in [4.69, 9.17) is 8.94 Å². The number of aromatic amines is 1. The standard InChI is InChI=1S/C10H9N5O2S/c1-2-7(16-3-1)4-18-5-8-13-10(15-17-8)9-11-6-12-14-9/h1-3,6H,4-5H2,(H,11,12,14). The zero-order valence-corrected chi connectivity index (χ0v) is 10.1. The summed E-state index contributed by atoms with van der Waals surface area (Å²) in [6, 6.07) is 3.80. The van der Waals surface area contributed by atoms with Crippen molar-refractivity contribution in [3.63, 3.8) is 0 Å². The molecule has 0 amide bonds. The fourth-order valence-corrected chi connectivity index (χ4v) is 2.12. The van der Waals surface area contributed by atoms with Crippen LogP contribution in [-0.4, -0.2) is 25.3 Å². The van der Waals surface area contributed by atoms with Crippen molar-refractivity contribution in [1.82, 2.24) is 25.3 Å². The van der Waals surface area contributed by atoms with Crippen molar-refractivity contribution in [2.45, 2.75) is 11.5 Å². The maximum atomic E-state index is 5.22. The van der Waals surface area contributed by atoms with E-state index in [1.165, 1.54) is 6.33 Å². The molecule has 0 bridgehead atoms. The number of aromatic nitrogens is 5. The number of thioether (sulfide) groups is 1. The number of hydrogen-bond donors (Lipinski definition) is 1. The Bertz CT molecular complexity index is 590. The van der Waals surface area contributed by atoms with Crippen molar-refractivity contribution in [2.75, 3.05) is 0 Å². The molecule has 3 rings (SSSR count). The minimum Gasteiger partial charge on any atom is -0.468 e. The Kier molecular flexibility index (Phi) is 3.09. The van der Waals surface area contributed by atoms with Gasteiger partial charge in [0.2, 0.25) is 11.7 Å². The van der Waals surface area contributed by atoms with Gasteiger partial charge in [0.15, 0.2) is 5.82 Å². The van der Waals surface area contributed by atoms with Gasteiger partial charge in [0.25, 0.3) is 0 Å². The van der Waals surface area contributed by atoms with Gasteiger partial charge in [-0.1, -0.05) is 5.16 Å². The summed E-state index contributed by atoms with van der Waals surface area (Å²) in [6.45, 7) is 0. The highest BCUT2D eigenvalue weighted by atomic mass is 32.2. The molecule has 0 spiro atoms. The fourth-order valence-electron chi connectivity index (χ4n) is 1.36. The van der Waals surface area contributed by atoms with Crippen LogP contribution >= 0.6 is 11.8 Å². The van der Waals surface area contributed by atoms with Crippen molar-refractivity contribution in [2.24, 2.45) is 0 Å². The Hall–Kier alpha value is -2.09. The molecule has 0 aliphatic carbocycles. The van der Waals surface area contributed by atoms with Crippen LogP contribution in [0, 0.1) is 0 Å². The van der Waals surface area contributed by atoms with E-state index in [1.54, 1.807) is 18.0 Å². The van der Waals surface area contributed by atoms with E-state index in [0.29, 0.717) is 23.3 Å². The molecule has 7 nitrogen and oxygen atoms in total. The molecule has 3 aromatic heterocycles. The van der Waals surface area contributed by atoms with Gasteiger partial charge in [-0.2, -0.15) is 10.1 Å². The molecule has 0 radical (unpaired) electrons. The maximum absolute atomic E-state index is 5.22. The number of H-pyrrole nitrogens is 1. The van der Waals surface area contributed by atoms with Crippen molar-refractivity contribution in [3.05, 3.63) is 36.4 Å². The summed E-state index contributed by atoms with van der Waals surface area (Å²) in [7, 11) is 0. The first kappa shape index (κ1) is 11.0. The summed E-state index contributed by atoms with van der Waals surface area (Å²) < 4.78 is 10.3. The van der Waals surface area contributed by atoms with Gasteiger partial charge in [0.05, 0.1) is 17.8 Å². The minimum absolute atomic E-state index is 0.418. The third kappa shape index (κ3) is 2.43. The molecule has 0 atom stereocenters. The molecule has 0 aliphatic rings. The van der Waals surface area contributed by atoms with Gasteiger partial charge in [0.1, 0.15) is 12.1 Å². The predicted octanol–water partition coefficient (Wildman–Crippen LogP) is 1.88. The van der Waals surface area contributed by atoms with Gasteiger partial charge in [-0.25, -0.2) is 4.98 Å². The monoisotopic (exact) mass is 263 g/mol. The summed E-state index contributed by atoms with van der Waals surface area (Å²) >= 11 is 1.64. The maximum Gasteiger partial charge on any atom is 0.239 e. The van der Waals surface area contributed by atoms with Crippen LogP contribution in [0.4, 0.5) is 0 Å². The molecule has 1 N–H and O–H groups in total. The summed E-state index contributed by atoms with van der Waals surface area (Å²) in [6.07, 6.45) is 3.06. The van der Waals surface area contributed by atoms with E-state index < -0.39 is 0 Å². The number of rotatable bonds is 5. The van der Waals surface area contributed by atoms with E-state index in [1.807, 2.05) is 12.1 Å². The van der Waals surface area contributed by atoms with Crippen LogP contribution in [0.5, 0.6) is 0 Å². The highest BCUT2D eigenvalue weighted by Crippen LogP contribution is 2.18. The molecule has 0 fully saturated rings. The van der Waals surface area contributed by atoms with Crippen molar-refractivity contribution >= 4 is 11.8 Å². The average Bonchev–Trinajstić information content (AvgIpc) is 3.12. The highest BCUT2D eigenvalue weighted by Gasteiger charge is 2.10. The van der Waals surface area contributed by atoms with Crippen LogP contribution in [0.1, 0.15) is 11.7 Å². The third-order valence-corrected chi connectivity index (χ3v) is 3.08. The summed E-state index contributed by atoms with van der Waals surface area (Å²) in [5.74, 6) is 3.80. The molecule has 92 valence electrons. The first-order valence-corrected chi connectivity index (χ1v) is 6.36. The molecule has 18 heavy (non-hydrogen) atoms. The lowest BCUT2D eigenvalue weighted by atomic mass is 10.5. The molecule has 0 aromatic carbocycles. The van der Waals surface area contributed by atoms with Crippen molar-refractivity contribution in [1.29, 1.82) is 0 Å². The fraction of sp³-hybridized carbons (Fsp3) is 0.200. The lowest BCUT2D eigenvalue weighted by Crippen LogP contribution is -1.85. The number of furan rings is 1. The second-order valence-corrected chi connectivity index (χ2v) is 4.40. The summed E-state index contributed by atoms with van der Waals surface area (Å²) in [5.41, 5.74) is 0. The van der Waals surface area contributed by atoms with Gasteiger partial charge >= 0.3 is 0 Å². The molecular weight excluding hydrogens is 254 g/mol. The summed E-state index contributed by atoms with van der Waals surface area (Å²) in [4.78, 5) is 8.16. The number of nitrogens with zero attached hydrogens (tertiary/aromatic N) is 4. The second-order valence-electron chi connectivity index (χ2n) is 3.42. The second kappa shape index (κ2) is 5.05. The molecule has 0 saturated carbocycles. The number of nitrogens with one attached hydrogen (secondary N) is 1. The largest absolute Gasteiger partial charge is 0.468 e. The Morgan fingerprint density at radius 3 is 3.11 bits per heavy atom. The smallest absolute Gasteiger partial charge is 0.239 e. The Morgan fingerprint density at radius 2 is 2.33 bits per heavy atom. The SMILES string of the molecule is c1coc(CSCc2nc(-c3ncn[nH]3)no2)c1. The van der Waals surface area contributed by atoms with Crippen LogP contribution in [0.15, 0.2) is 33.7 Å². The van der Waals surface area contributed by atoms with E-state index in [9.17, 15) is 0 Å². The van der Waals surface area contributed by atoms with Crippen LogP contribution in [0.2, 0.25) is 0 Å². The lowest BCUT2D eigenvalue weighted by molar-refractivity contribution is 0.391. The third-order valence-electron chi connectivity index (χ3n) is 2.14. The van der Waals surface area contributed by atoms with Crippen LogP contribution in [0.3, 0.4) is 0 Å². The zero-order chi connectivity index (χ0) is 12.2. The van der Waals surface area contributed by atoms with Gasteiger partial charge in [-0.15, -0.1) is 11.8 Å². The molecule has 0 unspecified atom stereocenters.